The van der Waals surface area contributed by atoms with E-state index in [9.17, 15) is 5.11 Å². The molecule has 1 heterocycles. The van der Waals surface area contributed by atoms with Crippen molar-refractivity contribution in [2.75, 3.05) is 7.11 Å². The number of fused-ring (bicyclic) bond motifs is 5. The van der Waals surface area contributed by atoms with Gasteiger partial charge in [0.15, 0.2) is 0 Å². The minimum atomic E-state index is -0.166. The summed E-state index contributed by atoms with van der Waals surface area (Å²) >= 11 is 0. The van der Waals surface area contributed by atoms with Gasteiger partial charge in [-0.2, -0.15) is 0 Å². The predicted molar refractivity (Wildman–Crippen MR) is 136 cm³/mol. The van der Waals surface area contributed by atoms with Gasteiger partial charge in [0.2, 0.25) is 0 Å². The summed E-state index contributed by atoms with van der Waals surface area (Å²) in [5.41, 5.74) is 1.45. The van der Waals surface area contributed by atoms with E-state index in [1.807, 2.05) is 7.11 Å². The van der Waals surface area contributed by atoms with Crippen molar-refractivity contribution < 1.29 is 14.6 Å². The Bertz CT molecular complexity index is 850. The number of ether oxygens (including phenoxy) is 2. The van der Waals surface area contributed by atoms with E-state index >= 15 is 0 Å². The molecule has 0 aromatic carbocycles. The molecule has 194 valence electrons. The van der Waals surface area contributed by atoms with Gasteiger partial charge in [0.25, 0.3) is 0 Å². The molecule has 34 heavy (non-hydrogen) atoms. The molecule has 1 aliphatic heterocycles. The first kappa shape index (κ1) is 24.2. The highest BCUT2D eigenvalue weighted by molar-refractivity contribution is 5.24. The highest BCUT2D eigenvalue weighted by atomic mass is 16.6. The number of hydrogen-bond acceptors (Lipinski definition) is 3. The topological polar surface area (TPSA) is 42.0 Å². The van der Waals surface area contributed by atoms with Gasteiger partial charge < -0.3 is 14.6 Å². The van der Waals surface area contributed by atoms with Crippen molar-refractivity contribution in [3.8, 4) is 0 Å². The molecule has 5 aliphatic carbocycles. The lowest BCUT2D eigenvalue weighted by Gasteiger charge is -2.64. The van der Waals surface area contributed by atoms with E-state index in [1.54, 1.807) is 0 Å². The standard InChI is InChI=1S/C31H52O3/c1-26(2)22-17-25-31(34-25)18-28(5)14-11-19-27(3,4)24(33-8)13-16-29(19,6)20(28)9-10-21(31)30(22,7)15-12-23(26)32/h19-25,32H,9-18H2,1-8H3/t19-,20+,21+,22+,23-,24+,25-,28+,29+,30-,31-/m1/s1. The average Bonchev–Trinajstić information content (AvgIpc) is 3.46. The first-order valence-corrected chi connectivity index (χ1v) is 14.6. The lowest BCUT2D eigenvalue weighted by molar-refractivity contribution is -0.180. The van der Waals surface area contributed by atoms with E-state index in [0.29, 0.717) is 40.3 Å². The molecule has 0 aromatic heterocycles. The Balaban J connectivity index is 1.36. The van der Waals surface area contributed by atoms with E-state index in [1.165, 1.54) is 57.8 Å². The fourth-order valence-electron chi connectivity index (χ4n) is 12.4. The van der Waals surface area contributed by atoms with Gasteiger partial charge in [-0.3, -0.25) is 0 Å². The number of methoxy groups -OCH3 is 1. The Kier molecular flexibility index (Phi) is 5.02. The normalized spacial score (nSPS) is 59.4. The van der Waals surface area contributed by atoms with Crippen LogP contribution in [0.3, 0.4) is 0 Å². The largest absolute Gasteiger partial charge is 0.393 e. The van der Waals surface area contributed by atoms with Crippen LogP contribution in [-0.2, 0) is 9.47 Å². The Morgan fingerprint density at radius 2 is 1.35 bits per heavy atom. The van der Waals surface area contributed by atoms with E-state index in [-0.39, 0.29) is 22.5 Å². The first-order chi connectivity index (χ1) is 15.8. The Labute approximate surface area is 209 Å². The zero-order valence-corrected chi connectivity index (χ0v) is 23.4. The number of aliphatic hydroxyl groups excluding tert-OH is 1. The molecule has 3 nitrogen and oxygen atoms in total. The van der Waals surface area contributed by atoms with Crippen LogP contribution in [0.15, 0.2) is 0 Å². The van der Waals surface area contributed by atoms with Crippen molar-refractivity contribution in [2.45, 2.75) is 137 Å². The zero-order valence-electron chi connectivity index (χ0n) is 23.4. The second-order valence-corrected chi connectivity index (χ2v) is 15.9. The quantitative estimate of drug-likeness (QED) is 0.418. The molecule has 0 unspecified atom stereocenters. The molecule has 1 N–H and O–H groups in total. The summed E-state index contributed by atoms with van der Waals surface area (Å²) < 4.78 is 12.9. The number of rotatable bonds is 1. The molecule has 1 spiro atoms. The monoisotopic (exact) mass is 472 g/mol. The number of aliphatic hydroxyl groups is 1. The van der Waals surface area contributed by atoms with Crippen LogP contribution in [-0.4, -0.2) is 36.1 Å². The van der Waals surface area contributed by atoms with Gasteiger partial charge in [0.05, 0.1) is 23.9 Å². The molecular weight excluding hydrogens is 420 g/mol. The Hall–Kier alpha value is -0.120. The van der Waals surface area contributed by atoms with E-state index in [0.717, 1.165) is 18.3 Å². The third kappa shape index (κ3) is 2.82. The van der Waals surface area contributed by atoms with Crippen LogP contribution in [0.4, 0.5) is 0 Å². The minimum Gasteiger partial charge on any atom is -0.393 e. The average molecular weight is 473 g/mol. The minimum absolute atomic E-state index is 0.00624. The fraction of sp³-hybridized carbons (Fsp3) is 1.00. The zero-order chi connectivity index (χ0) is 24.5. The highest BCUT2D eigenvalue weighted by Gasteiger charge is 2.76. The Morgan fingerprint density at radius 1 is 0.706 bits per heavy atom. The molecule has 0 amide bonds. The third-order valence-corrected chi connectivity index (χ3v) is 14.0. The maximum absolute atomic E-state index is 11.0. The summed E-state index contributed by atoms with van der Waals surface area (Å²) in [6, 6.07) is 0. The van der Waals surface area contributed by atoms with Gasteiger partial charge in [-0.05, 0) is 115 Å². The van der Waals surface area contributed by atoms with Gasteiger partial charge in [-0.15, -0.1) is 0 Å². The molecule has 6 rings (SSSR count). The maximum atomic E-state index is 11.0. The number of epoxide rings is 1. The summed E-state index contributed by atoms with van der Waals surface area (Å²) in [4.78, 5) is 0. The highest BCUT2D eigenvalue weighted by Crippen LogP contribution is 2.76. The molecule has 3 heteroatoms. The summed E-state index contributed by atoms with van der Waals surface area (Å²) in [5.74, 6) is 2.76. The summed E-state index contributed by atoms with van der Waals surface area (Å²) in [6.45, 7) is 17.6. The molecule has 0 bridgehead atoms. The summed E-state index contributed by atoms with van der Waals surface area (Å²) in [6.07, 6.45) is 13.2. The first-order valence-electron chi connectivity index (χ1n) is 14.6. The lowest BCUT2D eigenvalue weighted by Crippen LogP contribution is -2.60. The molecule has 11 atom stereocenters. The van der Waals surface area contributed by atoms with Gasteiger partial charge in [0.1, 0.15) is 0 Å². The van der Waals surface area contributed by atoms with E-state index in [2.05, 4.69) is 48.5 Å². The van der Waals surface area contributed by atoms with Crippen molar-refractivity contribution in [1.82, 2.24) is 0 Å². The number of hydrogen-bond donors (Lipinski definition) is 1. The second-order valence-electron chi connectivity index (χ2n) is 15.9. The molecule has 5 saturated carbocycles. The summed E-state index contributed by atoms with van der Waals surface area (Å²) in [5, 5.41) is 11.0. The van der Waals surface area contributed by atoms with Crippen LogP contribution in [0.1, 0.15) is 113 Å². The molecule has 0 radical (unpaired) electrons. The van der Waals surface area contributed by atoms with Gasteiger partial charge in [-0.1, -0.05) is 48.5 Å². The molecular formula is C31H52O3. The fourth-order valence-corrected chi connectivity index (χ4v) is 12.4. The van der Waals surface area contributed by atoms with Crippen LogP contribution in [0.25, 0.3) is 0 Å². The predicted octanol–water partition coefficient (Wildman–Crippen LogP) is 7.01. The summed E-state index contributed by atoms with van der Waals surface area (Å²) in [7, 11) is 1.93. The lowest BCUT2D eigenvalue weighted by atomic mass is 9.41. The van der Waals surface area contributed by atoms with Crippen molar-refractivity contribution in [3.63, 3.8) is 0 Å². The van der Waals surface area contributed by atoms with Crippen LogP contribution >= 0.6 is 0 Å². The van der Waals surface area contributed by atoms with E-state index in [4.69, 9.17) is 9.47 Å². The smallest absolute Gasteiger partial charge is 0.0987 e. The van der Waals surface area contributed by atoms with Crippen LogP contribution in [0, 0.1) is 50.7 Å². The third-order valence-electron chi connectivity index (χ3n) is 14.0. The van der Waals surface area contributed by atoms with Gasteiger partial charge in [-0.25, -0.2) is 0 Å². The van der Waals surface area contributed by atoms with Crippen LogP contribution < -0.4 is 0 Å². The second kappa shape index (κ2) is 7.04. The molecule has 1 saturated heterocycles. The molecule has 6 aliphatic rings. The van der Waals surface area contributed by atoms with Crippen molar-refractivity contribution in [3.05, 3.63) is 0 Å². The van der Waals surface area contributed by atoms with E-state index < -0.39 is 0 Å². The molecule has 6 fully saturated rings. The molecule has 0 aromatic rings. The van der Waals surface area contributed by atoms with Crippen molar-refractivity contribution in [1.29, 1.82) is 0 Å². The SMILES string of the molecule is CO[C@H]1CC[C@@]2(C)[C@H](CC[C@@]3(C)C[C@]45O[C@@H]4C[C@H]4C(C)(C)[C@H](O)CC[C@]4(C)[C@@H]5CC[C@@H]32)C1(C)C. The Morgan fingerprint density at radius 3 is 2.06 bits per heavy atom. The van der Waals surface area contributed by atoms with Crippen LogP contribution in [0.2, 0.25) is 0 Å². The maximum Gasteiger partial charge on any atom is 0.0987 e. The van der Waals surface area contributed by atoms with Crippen LogP contribution in [0.5, 0.6) is 0 Å². The van der Waals surface area contributed by atoms with Crippen molar-refractivity contribution >= 4 is 0 Å². The van der Waals surface area contributed by atoms with Gasteiger partial charge >= 0.3 is 0 Å². The van der Waals surface area contributed by atoms with Crippen molar-refractivity contribution in [2.24, 2.45) is 50.7 Å². The van der Waals surface area contributed by atoms with Gasteiger partial charge in [0, 0.05) is 7.11 Å².